The molecule has 1 fully saturated rings. The minimum Gasteiger partial charge on any atom is -0.454 e. The molecule has 0 spiro atoms. The molecule has 0 amide bonds. The number of ether oxygens (including phenoxy) is 2. The molecule has 1 saturated heterocycles. The van der Waals surface area contributed by atoms with Crippen molar-refractivity contribution in [3.05, 3.63) is 22.2 Å². The van der Waals surface area contributed by atoms with Crippen molar-refractivity contribution < 1.29 is 9.47 Å². The number of likely N-dealkylation sites (tertiary alicyclic amines) is 1. The largest absolute Gasteiger partial charge is 0.454 e. The molecule has 1 aromatic rings. The van der Waals surface area contributed by atoms with Gasteiger partial charge in [-0.25, -0.2) is 0 Å². The number of benzene rings is 1. The van der Waals surface area contributed by atoms with E-state index in [1.54, 1.807) is 0 Å². The first-order valence-electron chi connectivity index (χ1n) is 6.02. The van der Waals surface area contributed by atoms with E-state index >= 15 is 0 Å². The fraction of sp³-hybridized carbons (Fsp3) is 0.462. The van der Waals surface area contributed by atoms with Crippen LogP contribution in [0.15, 0.2) is 16.6 Å². The van der Waals surface area contributed by atoms with E-state index in [-0.39, 0.29) is 12.8 Å². The van der Waals surface area contributed by atoms with Gasteiger partial charge in [-0.15, -0.1) is 0 Å². The summed E-state index contributed by atoms with van der Waals surface area (Å²) in [5, 5.41) is 9.43. The first-order chi connectivity index (χ1) is 8.79. The second kappa shape index (κ2) is 4.79. The maximum Gasteiger partial charge on any atom is 0.231 e. The van der Waals surface area contributed by atoms with Crippen LogP contribution in [0.2, 0.25) is 0 Å². The van der Waals surface area contributed by atoms with Crippen molar-refractivity contribution in [2.45, 2.75) is 18.9 Å². The summed E-state index contributed by atoms with van der Waals surface area (Å²) in [6.07, 6.45) is 2.33. The molecule has 2 heterocycles. The molecule has 1 atom stereocenters. The number of fused-ring (bicyclic) bond motifs is 1. The summed E-state index contributed by atoms with van der Waals surface area (Å²) in [5.74, 6) is 1.47. The van der Waals surface area contributed by atoms with Crippen LogP contribution in [0, 0.1) is 11.3 Å². The summed E-state index contributed by atoms with van der Waals surface area (Å²) < 4.78 is 11.6. The molecule has 0 bridgehead atoms. The van der Waals surface area contributed by atoms with Gasteiger partial charge < -0.3 is 9.47 Å². The normalized spacial score (nSPS) is 19.8. The predicted octanol–water partition coefficient (Wildman–Crippen LogP) is 2.84. The van der Waals surface area contributed by atoms with Gasteiger partial charge in [0, 0.05) is 10.0 Å². The van der Waals surface area contributed by atoms with Gasteiger partial charge in [-0.2, -0.15) is 5.26 Å². The Morgan fingerprint density at radius 3 is 2.56 bits per heavy atom. The summed E-state index contributed by atoms with van der Waals surface area (Å²) in [7, 11) is 0. The number of halogens is 1. The van der Waals surface area contributed by atoms with Gasteiger partial charge in [0.05, 0.1) is 6.07 Å². The number of hydrogen-bond donors (Lipinski definition) is 0. The van der Waals surface area contributed by atoms with Gasteiger partial charge in [-0.05, 0) is 38.1 Å². The SMILES string of the molecule is N#C[C@@H](c1cc2c(cc1Br)OCO2)N1CCCC1. The van der Waals surface area contributed by atoms with Crippen LogP contribution >= 0.6 is 15.9 Å². The third-order valence-corrected chi connectivity index (χ3v) is 4.10. The summed E-state index contributed by atoms with van der Waals surface area (Å²) in [4.78, 5) is 2.21. The molecule has 4 nitrogen and oxygen atoms in total. The molecule has 0 aromatic heterocycles. The minimum absolute atomic E-state index is 0.212. The van der Waals surface area contributed by atoms with Crippen molar-refractivity contribution >= 4 is 15.9 Å². The van der Waals surface area contributed by atoms with E-state index in [1.165, 1.54) is 12.8 Å². The van der Waals surface area contributed by atoms with Gasteiger partial charge in [0.25, 0.3) is 0 Å². The second-order valence-electron chi connectivity index (χ2n) is 4.50. The van der Waals surface area contributed by atoms with Crippen LogP contribution in [-0.2, 0) is 0 Å². The monoisotopic (exact) mass is 308 g/mol. The van der Waals surface area contributed by atoms with Crippen molar-refractivity contribution in [3.8, 4) is 17.6 Å². The zero-order valence-corrected chi connectivity index (χ0v) is 11.4. The first kappa shape index (κ1) is 11.8. The van der Waals surface area contributed by atoms with Crippen molar-refractivity contribution in [2.24, 2.45) is 0 Å². The molecule has 3 rings (SSSR count). The van der Waals surface area contributed by atoms with Crippen molar-refractivity contribution in [2.75, 3.05) is 19.9 Å². The third-order valence-electron chi connectivity index (χ3n) is 3.41. The van der Waals surface area contributed by atoms with Gasteiger partial charge in [0.15, 0.2) is 11.5 Å². The molecule has 2 aliphatic rings. The van der Waals surface area contributed by atoms with Gasteiger partial charge >= 0.3 is 0 Å². The second-order valence-corrected chi connectivity index (χ2v) is 5.36. The average molecular weight is 309 g/mol. The molecule has 2 aliphatic heterocycles. The van der Waals surface area contributed by atoms with E-state index in [0.717, 1.165) is 34.6 Å². The summed E-state index contributed by atoms with van der Waals surface area (Å²) in [6, 6.07) is 5.98. The number of rotatable bonds is 2. The zero-order chi connectivity index (χ0) is 12.5. The number of hydrogen-bond acceptors (Lipinski definition) is 4. The molecule has 1 aromatic carbocycles. The Bertz CT molecular complexity index is 506. The Labute approximate surface area is 114 Å². The topological polar surface area (TPSA) is 45.5 Å². The van der Waals surface area contributed by atoms with Gasteiger partial charge in [0.2, 0.25) is 6.79 Å². The maximum atomic E-state index is 9.43. The van der Waals surface area contributed by atoms with E-state index in [9.17, 15) is 5.26 Å². The highest BCUT2D eigenvalue weighted by Gasteiger charge is 2.27. The van der Waals surface area contributed by atoms with Crippen LogP contribution in [0.4, 0.5) is 0 Å². The summed E-state index contributed by atoms with van der Waals surface area (Å²) >= 11 is 3.53. The maximum absolute atomic E-state index is 9.43. The van der Waals surface area contributed by atoms with Crippen LogP contribution in [0.3, 0.4) is 0 Å². The highest BCUT2D eigenvalue weighted by molar-refractivity contribution is 9.10. The smallest absolute Gasteiger partial charge is 0.231 e. The fourth-order valence-electron chi connectivity index (χ4n) is 2.49. The van der Waals surface area contributed by atoms with Crippen molar-refractivity contribution in [3.63, 3.8) is 0 Å². The Morgan fingerprint density at radius 1 is 1.22 bits per heavy atom. The van der Waals surface area contributed by atoms with E-state index in [0.29, 0.717) is 0 Å². The highest BCUT2D eigenvalue weighted by atomic mass is 79.9. The van der Waals surface area contributed by atoms with Gasteiger partial charge in [-0.3, -0.25) is 4.90 Å². The lowest BCUT2D eigenvalue weighted by Gasteiger charge is -2.22. The van der Waals surface area contributed by atoms with E-state index < -0.39 is 0 Å². The molecule has 18 heavy (non-hydrogen) atoms. The average Bonchev–Trinajstić information content (AvgIpc) is 3.01. The molecule has 0 N–H and O–H groups in total. The van der Waals surface area contributed by atoms with Crippen LogP contribution in [0.25, 0.3) is 0 Å². The quantitative estimate of drug-likeness (QED) is 0.843. The first-order valence-corrected chi connectivity index (χ1v) is 6.81. The summed E-state index contributed by atoms with van der Waals surface area (Å²) in [5.41, 5.74) is 0.962. The minimum atomic E-state index is -0.212. The zero-order valence-electron chi connectivity index (χ0n) is 9.86. The van der Waals surface area contributed by atoms with Crippen LogP contribution in [-0.4, -0.2) is 24.8 Å². The van der Waals surface area contributed by atoms with E-state index in [4.69, 9.17) is 9.47 Å². The predicted molar refractivity (Wildman–Crippen MR) is 69.4 cm³/mol. The molecule has 0 aliphatic carbocycles. The third kappa shape index (κ3) is 1.96. The molecule has 0 radical (unpaired) electrons. The van der Waals surface area contributed by atoms with Gasteiger partial charge in [0.1, 0.15) is 6.04 Å². The van der Waals surface area contributed by atoms with Crippen LogP contribution < -0.4 is 9.47 Å². The lowest BCUT2D eigenvalue weighted by Crippen LogP contribution is -2.24. The molecule has 5 heteroatoms. The number of nitrogens with zero attached hydrogens (tertiary/aromatic N) is 2. The Kier molecular flexibility index (Phi) is 3.14. The molecule has 0 saturated carbocycles. The standard InChI is InChI=1S/C13H13BrN2O2/c14-10-6-13-12(17-8-18-13)5-9(10)11(7-15)16-3-1-2-4-16/h5-6,11H,1-4,8H2/t11-/m0/s1. The fourth-order valence-corrected chi connectivity index (χ4v) is 3.03. The summed E-state index contributed by atoms with van der Waals surface area (Å²) in [6.45, 7) is 2.23. The van der Waals surface area contributed by atoms with Crippen LogP contribution in [0.5, 0.6) is 11.5 Å². The van der Waals surface area contributed by atoms with Crippen LogP contribution in [0.1, 0.15) is 24.4 Å². The lowest BCUT2D eigenvalue weighted by atomic mass is 10.1. The molecular weight excluding hydrogens is 296 g/mol. The number of nitriles is 1. The van der Waals surface area contributed by atoms with Crippen molar-refractivity contribution in [1.82, 2.24) is 4.90 Å². The van der Waals surface area contributed by atoms with E-state index in [2.05, 4.69) is 26.9 Å². The molecule has 0 unspecified atom stereocenters. The van der Waals surface area contributed by atoms with E-state index in [1.807, 2.05) is 12.1 Å². The highest BCUT2D eigenvalue weighted by Crippen LogP contribution is 2.40. The Morgan fingerprint density at radius 2 is 1.89 bits per heavy atom. The van der Waals surface area contributed by atoms with Gasteiger partial charge in [-0.1, -0.05) is 15.9 Å². The lowest BCUT2D eigenvalue weighted by molar-refractivity contribution is 0.174. The Hall–Kier alpha value is -1.25. The Balaban J connectivity index is 1.97. The molecular formula is C13H13BrN2O2. The van der Waals surface area contributed by atoms with Crippen molar-refractivity contribution in [1.29, 1.82) is 5.26 Å². The molecule has 94 valence electrons.